The molecule has 0 fully saturated rings. The number of carbonyl (C=O) groups excluding carboxylic acids is 1. The van der Waals surface area contributed by atoms with Gasteiger partial charge in [-0.05, 0) is 25.1 Å². The standard InChI is InChI=1S/C14H13NO3S/c1-9-15-11(8-19-9)14(16)10-3-4-12-13(7-10)18-6-2-5-17-12/h3-4,7-8H,2,5-6H2,1H3. The first-order valence-electron chi connectivity index (χ1n) is 6.10. The van der Waals surface area contributed by atoms with Crippen LogP contribution in [0.1, 0.15) is 27.5 Å². The minimum atomic E-state index is -0.0833. The molecular formula is C14H13NO3S. The molecule has 0 aliphatic carbocycles. The highest BCUT2D eigenvalue weighted by Crippen LogP contribution is 2.31. The first kappa shape index (κ1) is 12.2. The third-order valence-corrected chi connectivity index (χ3v) is 3.63. The second-order valence-electron chi connectivity index (χ2n) is 4.29. The lowest BCUT2D eigenvalue weighted by Crippen LogP contribution is -2.03. The first-order valence-corrected chi connectivity index (χ1v) is 6.98. The third-order valence-electron chi connectivity index (χ3n) is 2.86. The summed E-state index contributed by atoms with van der Waals surface area (Å²) in [6.07, 6.45) is 0.850. The zero-order valence-corrected chi connectivity index (χ0v) is 11.3. The maximum Gasteiger partial charge on any atom is 0.212 e. The minimum absolute atomic E-state index is 0.0833. The molecule has 0 saturated heterocycles. The summed E-state index contributed by atoms with van der Waals surface area (Å²) in [6.45, 7) is 3.14. The molecule has 5 heteroatoms. The highest BCUT2D eigenvalue weighted by atomic mass is 32.1. The van der Waals surface area contributed by atoms with E-state index in [1.807, 2.05) is 6.92 Å². The number of rotatable bonds is 2. The van der Waals surface area contributed by atoms with Crippen molar-refractivity contribution in [3.05, 3.63) is 39.8 Å². The Morgan fingerprint density at radius 3 is 2.79 bits per heavy atom. The Labute approximate surface area is 115 Å². The Balaban J connectivity index is 1.93. The van der Waals surface area contributed by atoms with Crippen LogP contribution in [0.2, 0.25) is 0 Å². The third kappa shape index (κ3) is 2.46. The molecule has 0 N–H and O–H groups in total. The lowest BCUT2D eigenvalue weighted by atomic mass is 10.1. The Hall–Kier alpha value is -1.88. The van der Waals surface area contributed by atoms with Crippen LogP contribution in [-0.2, 0) is 0 Å². The summed E-state index contributed by atoms with van der Waals surface area (Å²) in [5, 5.41) is 2.67. The number of nitrogens with zero attached hydrogens (tertiary/aromatic N) is 1. The predicted octanol–water partition coefficient (Wildman–Crippen LogP) is 2.84. The monoisotopic (exact) mass is 275 g/mol. The van der Waals surface area contributed by atoms with Crippen molar-refractivity contribution in [2.45, 2.75) is 13.3 Å². The van der Waals surface area contributed by atoms with E-state index in [9.17, 15) is 4.79 Å². The van der Waals surface area contributed by atoms with Crippen LogP contribution in [0.5, 0.6) is 11.5 Å². The van der Waals surface area contributed by atoms with Gasteiger partial charge in [0, 0.05) is 17.4 Å². The fourth-order valence-corrected chi connectivity index (χ4v) is 2.51. The van der Waals surface area contributed by atoms with E-state index in [0.29, 0.717) is 36.0 Å². The number of hydrogen-bond donors (Lipinski definition) is 0. The zero-order chi connectivity index (χ0) is 13.2. The van der Waals surface area contributed by atoms with Crippen molar-refractivity contribution in [2.75, 3.05) is 13.2 Å². The Kier molecular flexibility index (Phi) is 3.21. The van der Waals surface area contributed by atoms with E-state index >= 15 is 0 Å². The van der Waals surface area contributed by atoms with Crippen LogP contribution in [0.4, 0.5) is 0 Å². The molecule has 2 heterocycles. The molecule has 0 spiro atoms. The summed E-state index contributed by atoms with van der Waals surface area (Å²) in [7, 11) is 0. The van der Waals surface area contributed by atoms with Gasteiger partial charge in [-0.15, -0.1) is 11.3 Å². The van der Waals surface area contributed by atoms with Gasteiger partial charge >= 0.3 is 0 Å². The van der Waals surface area contributed by atoms with Crippen LogP contribution >= 0.6 is 11.3 Å². The number of fused-ring (bicyclic) bond motifs is 1. The fraction of sp³-hybridized carbons (Fsp3) is 0.286. The molecule has 0 bridgehead atoms. The van der Waals surface area contributed by atoms with E-state index in [-0.39, 0.29) is 5.78 Å². The van der Waals surface area contributed by atoms with Gasteiger partial charge < -0.3 is 9.47 Å². The van der Waals surface area contributed by atoms with E-state index in [2.05, 4.69) is 4.98 Å². The smallest absolute Gasteiger partial charge is 0.212 e. The van der Waals surface area contributed by atoms with Gasteiger partial charge in [0.15, 0.2) is 11.5 Å². The summed E-state index contributed by atoms with van der Waals surface area (Å²) in [4.78, 5) is 16.5. The highest BCUT2D eigenvalue weighted by Gasteiger charge is 2.16. The maximum absolute atomic E-state index is 12.3. The van der Waals surface area contributed by atoms with Gasteiger partial charge in [-0.1, -0.05) is 0 Å². The number of benzene rings is 1. The number of ketones is 1. The number of hydrogen-bond acceptors (Lipinski definition) is 5. The summed E-state index contributed by atoms with van der Waals surface area (Å²) < 4.78 is 11.1. The zero-order valence-electron chi connectivity index (χ0n) is 10.5. The van der Waals surface area contributed by atoms with Crippen LogP contribution in [0.3, 0.4) is 0 Å². The van der Waals surface area contributed by atoms with Crippen LogP contribution in [0.15, 0.2) is 23.6 Å². The lowest BCUT2D eigenvalue weighted by Gasteiger charge is -2.08. The van der Waals surface area contributed by atoms with E-state index in [1.165, 1.54) is 11.3 Å². The van der Waals surface area contributed by atoms with Crippen LogP contribution in [0.25, 0.3) is 0 Å². The largest absolute Gasteiger partial charge is 0.490 e. The molecule has 1 aliphatic heterocycles. The quantitative estimate of drug-likeness (QED) is 0.791. The fourth-order valence-electron chi connectivity index (χ4n) is 1.92. The van der Waals surface area contributed by atoms with Crippen LogP contribution < -0.4 is 9.47 Å². The van der Waals surface area contributed by atoms with Gasteiger partial charge in [-0.25, -0.2) is 4.98 Å². The second kappa shape index (κ2) is 5.01. The SMILES string of the molecule is Cc1nc(C(=O)c2ccc3c(c2)OCCCO3)cs1. The molecule has 0 amide bonds. The Morgan fingerprint density at radius 1 is 1.26 bits per heavy atom. The van der Waals surface area contributed by atoms with Gasteiger partial charge in [0.05, 0.1) is 18.2 Å². The van der Waals surface area contributed by atoms with E-state index in [0.717, 1.165) is 11.4 Å². The van der Waals surface area contributed by atoms with Crippen molar-refractivity contribution in [3.8, 4) is 11.5 Å². The summed E-state index contributed by atoms with van der Waals surface area (Å²) in [5.74, 6) is 1.25. The topological polar surface area (TPSA) is 48.4 Å². The molecule has 0 saturated carbocycles. The van der Waals surface area contributed by atoms with E-state index in [1.54, 1.807) is 23.6 Å². The molecule has 0 radical (unpaired) electrons. The molecule has 1 aromatic heterocycles. The highest BCUT2D eigenvalue weighted by molar-refractivity contribution is 7.09. The molecule has 1 aliphatic rings. The van der Waals surface area contributed by atoms with Gasteiger partial charge in [-0.2, -0.15) is 0 Å². The molecule has 0 unspecified atom stereocenters. The second-order valence-corrected chi connectivity index (χ2v) is 5.36. The van der Waals surface area contributed by atoms with Gasteiger partial charge in [-0.3, -0.25) is 4.79 Å². The lowest BCUT2D eigenvalue weighted by molar-refractivity contribution is 0.103. The predicted molar refractivity (Wildman–Crippen MR) is 72.3 cm³/mol. The first-order chi connectivity index (χ1) is 9.24. The van der Waals surface area contributed by atoms with Crippen molar-refractivity contribution >= 4 is 17.1 Å². The number of aryl methyl sites for hydroxylation is 1. The number of aromatic nitrogens is 1. The van der Waals surface area contributed by atoms with Crippen LogP contribution in [0, 0.1) is 6.92 Å². The van der Waals surface area contributed by atoms with Crippen molar-refractivity contribution < 1.29 is 14.3 Å². The molecular weight excluding hydrogens is 262 g/mol. The Morgan fingerprint density at radius 2 is 2.05 bits per heavy atom. The summed E-state index contributed by atoms with van der Waals surface area (Å²) >= 11 is 1.47. The molecule has 4 nitrogen and oxygen atoms in total. The average molecular weight is 275 g/mol. The number of ether oxygens (including phenoxy) is 2. The van der Waals surface area contributed by atoms with E-state index < -0.39 is 0 Å². The minimum Gasteiger partial charge on any atom is -0.490 e. The molecule has 98 valence electrons. The van der Waals surface area contributed by atoms with Crippen molar-refractivity contribution in [1.82, 2.24) is 4.98 Å². The van der Waals surface area contributed by atoms with Crippen LogP contribution in [-0.4, -0.2) is 24.0 Å². The molecule has 19 heavy (non-hydrogen) atoms. The molecule has 2 aromatic rings. The number of carbonyl (C=O) groups is 1. The number of thiazole rings is 1. The van der Waals surface area contributed by atoms with Crippen molar-refractivity contribution in [3.63, 3.8) is 0 Å². The average Bonchev–Trinajstić information content (AvgIpc) is 2.72. The van der Waals surface area contributed by atoms with Gasteiger partial charge in [0.2, 0.25) is 5.78 Å². The normalized spacial score (nSPS) is 13.9. The summed E-state index contributed by atoms with van der Waals surface area (Å²) in [6, 6.07) is 5.27. The maximum atomic E-state index is 12.3. The van der Waals surface area contributed by atoms with Crippen molar-refractivity contribution in [2.24, 2.45) is 0 Å². The molecule has 1 aromatic carbocycles. The molecule has 3 rings (SSSR count). The Bertz CT molecular complexity index is 621. The van der Waals surface area contributed by atoms with E-state index in [4.69, 9.17) is 9.47 Å². The van der Waals surface area contributed by atoms with Gasteiger partial charge in [0.25, 0.3) is 0 Å². The molecule has 0 atom stereocenters. The summed E-state index contributed by atoms with van der Waals surface area (Å²) in [5.41, 5.74) is 1.06. The van der Waals surface area contributed by atoms with Crippen molar-refractivity contribution in [1.29, 1.82) is 0 Å². The van der Waals surface area contributed by atoms with Gasteiger partial charge in [0.1, 0.15) is 5.69 Å².